The monoisotopic (exact) mass is 250 g/mol. The van der Waals surface area contributed by atoms with E-state index in [1.807, 2.05) is 6.92 Å². The zero-order chi connectivity index (χ0) is 13.3. The summed E-state index contributed by atoms with van der Waals surface area (Å²) in [7, 11) is 3.42. The Morgan fingerprint density at radius 2 is 2.17 bits per heavy atom. The number of likely N-dealkylation sites (tertiary alicyclic amines) is 1. The van der Waals surface area contributed by atoms with Crippen molar-refractivity contribution in [1.29, 1.82) is 0 Å². The van der Waals surface area contributed by atoms with Crippen molar-refractivity contribution in [3.05, 3.63) is 23.7 Å². The molecule has 5 nitrogen and oxygen atoms in total. The lowest BCUT2D eigenvalue weighted by Gasteiger charge is -2.25. The van der Waals surface area contributed by atoms with Crippen LogP contribution in [0.25, 0.3) is 0 Å². The van der Waals surface area contributed by atoms with Crippen molar-refractivity contribution >= 4 is 11.8 Å². The van der Waals surface area contributed by atoms with Crippen LogP contribution in [-0.4, -0.2) is 48.3 Å². The van der Waals surface area contributed by atoms with E-state index in [2.05, 4.69) is 0 Å². The normalized spacial score (nSPS) is 19.1. The summed E-state index contributed by atoms with van der Waals surface area (Å²) in [6.07, 6.45) is 3.08. The first-order chi connectivity index (χ1) is 8.52. The topological polar surface area (TPSA) is 53.8 Å². The van der Waals surface area contributed by atoms with Gasteiger partial charge in [0.1, 0.15) is 6.04 Å². The van der Waals surface area contributed by atoms with Gasteiger partial charge in [0.15, 0.2) is 5.76 Å². The first-order valence-electron chi connectivity index (χ1n) is 6.08. The van der Waals surface area contributed by atoms with Crippen molar-refractivity contribution in [1.82, 2.24) is 9.80 Å². The number of furan rings is 1. The van der Waals surface area contributed by atoms with Crippen molar-refractivity contribution in [3.63, 3.8) is 0 Å². The molecule has 5 heteroatoms. The molecule has 1 fully saturated rings. The minimum Gasteiger partial charge on any atom is -0.459 e. The lowest BCUT2D eigenvalue weighted by molar-refractivity contribution is -0.132. The van der Waals surface area contributed by atoms with Gasteiger partial charge in [0.05, 0.1) is 6.26 Å². The van der Waals surface area contributed by atoms with Crippen LogP contribution in [0.3, 0.4) is 0 Å². The predicted octanol–water partition coefficient (Wildman–Crippen LogP) is 1.28. The molecule has 0 bridgehead atoms. The number of amides is 2. The van der Waals surface area contributed by atoms with Crippen LogP contribution in [0.5, 0.6) is 0 Å². The van der Waals surface area contributed by atoms with Crippen molar-refractivity contribution in [2.75, 3.05) is 20.6 Å². The van der Waals surface area contributed by atoms with Crippen LogP contribution in [0, 0.1) is 6.92 Å². The fraction of sp³-hybridized carbons (Fsp3) is 0.538. The molecule has 1 atom stereocenters. The Morgan fingerprint density at radius 3 is 2.72 bits per heavy atom. The van der Waals surface area contributed by atoms with E-state index in [-0.39, 0.29) is 17.9 Å². The fourth-order valence-corrected chi connectivity index (χ4v) is 2.29. The summed E-state index contributed by atoms with van der Waals surface area (Å²) in [6.45, 7) is 2.44. The molecular weight excluding hydrogens is 232 g/mol. The molecule has 2 heterocycles. The van der Waals surface area contributed by atoms with Crippen LogP contribution in [0.4, 0.5) is 0 Å². The molecule has 0 N–H and O–H groups in total. The number of carbonyl (C=O) groups excluding carboxylic acids is 2. The molecule has 98 valence electrons. The first kappa shape index (κ1) is 12.7. The van der Waals surface area contributed by atoms with E-state index in [9.17, 15) is 9.59 Å². The molecule has 1 unspecified atom stereocenters. The van der Waals surface area contributed by atoms with Gasteiger partial charge >= 0.3 is 0 Å². The average Bonchev–Trinajstić information content (AvgIpc) is 2.95. The Bertz CT molecular complexity index is 465. The van der Waals surface area contributed by atoms with Gasteiger partial charge in [-0.25, -0.2) is 0 Å². The zero-order valence-corrected chi connectivity index (χ0v) is 11.0. The van der Waals surface area contributed by atoms with Crippen molar-refractivity contribution in [2.45, 2.75) is 25.8 Å². The summed E-state index contributed by atoms with van der Waals surface area (Å²) in [5.74, 6) is 0.133. The molecule has 2 amide bonds. The summed E-state index contributed by atoms with van der Waals surface area (Å²) in [6, 6.07) is 1.41. The van der Waals surface area contributed by atoms with E-state index in [0.717, 1.165) is 18.4 Å². The molecule has 1 aromatic heterocycles. The van der Waals surface area contributed by atoms with E-state index in [0.29, 0.717) is 12.3 Å². The highest BCUT2D eigenvalue weighted by atomic mass is 16.3. The minimum absolute atomic E-state index is 0.0231. The van der Waals surface area contributed by atoms with Gasteiger partial charge < -0.3 is 14.2 Å². The Kier molecular flexibility index (Phi) is 3.41. The second kappa shape index (κ2) is 4.84. The number of nitrogens with zero attached hydrogens (tertiary/aromatic N) is 2. The standard InChI is InChI=1S/C13H18N2O3/c1-9-6-8-18-11(9)13(17)15-7-4-5-10(15)12(16)14(2)3/h6,8,10H,4-5,7H2,1-3H3. The molecule has 1 aromatic rings. The van der Waals surface area contributed by atoms with E-state index in [1.165, 1.54) is 11.2 Å². The molecule has 2 rings (SSSR count). The third-order valence-electron chi connectivity index (χ3n) is 3.30. The minimum atomic E-state index is -0.350. The number of likely N-dealkylation sites (N-methyl/N-ethyl adjacent to an activating group) is 1. The van der Waals surface area contributed by atoms with E-state index < -0.39 is 0 Å². The Hall–Kier alpha value is -1.78. The van der Waals surface area contributed by atoms with Crippen molar-refractivity contribution in [2.24, 2.45) is 0 Å². The van der Waals surface area contributed by atoms with Gasteiger partial charge in [-0.3, -0.25) is 9.59 Å². The van der Waals surface area contributed by atoms with Gasteiger partial charge in [-0.2, -0.15) is 0 Å². The van der Waals surface area contributed by atoms with E-state index in [1.54, 1.807) is 25.1 Å². The first-order valence-corrected chi connectivity index (χ1v) is 6.08. The van der Waals surface area contributed by atoms with Crippen LogP contribution in [-0.2, 0) is 4.79 Å². The maximum atomic E-state index is 12.3. The molecule has 0 aliphatic carbocycles. The Morgan fingerprint density at radius 1 is 1.44 bits per heavy atom. The van der Waals surface area contributed by atoms with Gasteiger partial charge in [0, 0.05) is 26.2 Å². The largest absolute Gasteiger partial charge is 0.459 e. The van der Waals surface area contributed by atoms with Crippen molar-refractivity contribution < 1.29 is 14.0 Å². The van der Waals surface area contributed by atoms with Crippen LogP contribution in [0.2, 0.25) is 0 Å². The molecule has 1 aliphatic rings. The third kappa shape index (κ3) is 2.12. The Balaban J connectivity index is 2.20. The van der Waals surface area contributed by atoms with Gasteiger partial charge in [0.2, 0.25) is 5.91 Å². The maximum Gasteiger partial charge on any atom is 0.290 e. The van der Waals surface area contributed by atoms with Crippen LogP contribution in [0.1, 0.15) is 29.0 Å². The summed E-state index contributed by atoms with van der Waals surface area (Å²) in [5, 5.41) is 0. The number of aryl methyl sites for hydroxylation is 1. The number of carbonyl (C=O) groups is 2. The highest BCUT2D eigenvalue weighted by Crippen LogP contribution is 2.23. The summed E-state index contributed by atoms with van der Waals surface area (Å²) < 4.78 is 5.21. The molecule has 0 radical (unpaired) electrons. The molecule has 18 heavy (non-hydrogen) atoms. The second-order valence-corrected chi connectivity index (χ2v) is 4.82. The lowest BCUT2D eigenvalue weighted by Crippen LogP contribution is -2.45. The summed E-state index contributed by atoms with van der Waals surface area (Å²) in [4.78, 5) is 27.5. The molecule has 0 aromatic carbocycles. The van der Waals surface area contributed by atoms with Crippen LogP contribution >= 0.6 is 0 Å². The summed E-state index contributed by atoms with van der Waals surface area (Å²) >= 11 is 0. The average molecular weight is 250 g/mol. The number of hydrogen-bond acceptors (Lipinski definition) is 3. The maximum absolute atomic E-state index is 12.3. The highest BCUT2D eigenvalue weighted by Gasteiger charge is 2.36. The van der Waals surface area contributed by atoms with Gasteiger partial charge in [-0.05, 0) is 25.8 Å². The van der Waals surface area contributed by atoms with E-state index in [4.69, 9.17) is 4.42 Å². The molecule has 0 spiro atoms. The number of hydrogen-bond donors (Lipinski definition) is 0. The quantitative estimate of drug-likeness (QED) is 0.794. The second-order valence-electron chi connectivity index (χ2n) is 4.82. The SMILES string of the molecule is Cc1ccoc1C(=O)N1CCCC1C(=O)N(C)C. The van der Waals surface area contributed by atoms with Gasteiger partial charge in [-0.1, -0.05) is 0 Å². The smallest absolute Gasteiger partial charge is 0.290 e. The molecule has 0 saturated carbocycles. The molecular formula is C13H18N2O3. The Labute approximate surface area is 106 Å². The fourth-order valence-electron chi connectivity index (χ4n) is 2.29. The van der Waals surface area contributed by atoms with Crippen LogP contribution < -0.4 is 0 Å². The predicted molar refractivity (Wildman–Crippen MR) is 66.2 cm³/mol. The zero-order valence-electron chi connectivity index (χ0n) is 11.0. The van der Waals surface area contributed by atoms with E-state index >= 15 is 0 Å². The summed E-state index contributed by atoms with van der Waals surface area (Å²) in [5.41, 5.74) is 0.808. The highest BCUT2D eigenvalue weighted by molar-refractivity contribution is 5.96. The van der Waals surface area contributed by atoms with Gasteiger partial charge in [-0.15, -0.1) is 0 Å². The lowest BCUT2D eigenvalue weighted by atomic mass is 10.2. The third-order valence-corrected chi connectivity index (χ3v) is 3.30. The van der Waals surface area contributed by atoms with Crippen molar-refractivity contribution in [3.8, 4) is 0 Å². The molecule has 1 saturated heterocycles. The number of rotatable bonds is 2. The van der Waals surface area contributed by atoms with Gasteiger partial charge in [0.25, 0.3) is 5.91 Å². The molecule has 1 aliphatic heterocycles. The van der Waals surface area contributed by atoms with Crippen LogP contribution in [0.15, 0.2) is 16.7 Å².